The maximum Gasteiger partial charge on any atom is 0.303 e. The number of fused-ring (bicyclic) bond motifs is 5. The van der Waals surface area contributed by atoms with E-state index in [1.807, 2.05) is 0 Å². The molecule has 164 valence electrons. The van der Waals surface area contributed by atoms with E-state index in [2.05, 4.69) is 20.8 Å². The van der Waals surface area contributed by atoms with Crippen molar-refractivity contribution in [2.75, 3.05) is 0 Å². The summed E-state index contributed by atoms with van der Waals surface area (Å²) in [5, 5.41) is 30.5. The molecule has 0 saturated heterocycles. The lowest BCUT2D eigenvalue weighted by molar-refractivity contribution is -0.181. The maximum atomic E-state index is 13.6. The number of aliphatic hydroxyl groups is 2. The molecule has 5 nitrogen and oxygen atoms in total. The van der Waals surface area contributed by atoms with Gasteiger partial charge in [-0.25, -0.2) is 0 Å². The second-order valence-electron chi connectivity index (χ2n) is 11.2. The number of carbonyl (C=O) groups is 2. The second-order valence-corrected chi connectivity index (χ2v) is 11.2. The van der Waals surface area contributed by atoms with E-state index in [0.29, 0.717) is 24.5 Å². The van der Waals surface area contributed by atoms with Crippen molar-refractivity contribution in [2.45, 2.75) is 90.8 Å². The molecule has 0 aromatic heterocycles. The number of aliphatic carboxylic acids is 1. The molecule has 4 rings (SSSR count). The molecule has 4 saturated carbocycles. The molecule has 3 N–H and O–H groups in total. The molecule has 5 heteroatoms. The predicted molar refractivity (Wildman–Crippen MR) is 109 cm³/mol. The van der Waals surface area contributed by atoms with Gasteiger partial charge in [0, 0.05) is 18.3 Å². The van der Waals surface area contributed by atoms with Gasteiger partial charge in [-0.3, -0.25) is 9.59 Å². The number of rotatable bonds is 4. The molecular weight excluding hydrogens is 368 g/mol. The van der Waals surface area contributed by atoms with Gasteiger partial charge in [0.25, 0.3) is 0 Å². The quantitative estimate of drug-likeness (QED) is 0.662. The first kappa shape index (κ1) is 21.3. The first-order valence-corrected chi connectivity index (χ1v) is 11.7. The van der Waals surface area contributed by atoms with Crippen molar-refractivity contribution in [3.63, 3.8) is 0 Å². The van der Waals surface area contributed by atoms with Gasteiger partial charge in [0.1, 0.15) is 5.78 Å². The van der Waals surface area contributed by atoms with Crippen LogP contribution in [0.3, 0.4) is 0 Å². The summed E-state index contributed by atoms with van der Waals surface area (Å²) in [6.07, 6.45) is 5.82. The summed E-state index contributed by atoms with van der Waals surface area (Å²) in [6, 6.07) is 0. The Balaban J connectivity index is 1.62. The van der Waals surface area contributed by atoms with Crippen molar-refractivity contribution in [2.24, 2.45) is 46.3 Å². The number of hydrogen-bond donors (Lipinski definition) is 3. The van der Waals surface area contributed by atoms with Crippen molar-refractivity contribution in [1.82, 2.24) is 0 Å². The number of ketones is 1. The van der Waals surface area contributed by atoms with E-state index in [-0.39, 0.29) is 47.5 Å². The van der Waals surface area contributed by atoms with Gasteiger partial charge in [-0.05, 0) is 85.9 Å². The number of carbonyl (C=O) groups excluding carboxylic acids is 1. The number of hydrogen-bond acceptors (Lipinski definition) is 4. The molecule has 0 bridgehead atoms. The van der Waals surface area contributed by atoms with Crippen LogP contribution in [0.2, 0.25) is 0 Å². The minimum absolute atomic E-state index is 0.0348. The Kier molecular flexibility index (Phi) is 5.39. The van der Waals surface area contributed by atoms with Gasteiger partial charge in [0.05, 0.1) is 12.2 Å². The molecule has 4 fully saturated rings. The van der Waals surface area contributed by atoms with E-state index in [0.717, 1.165) is 38.5 Å². The zero-order valence-electron chi connectivity index (χ0n) is 18.1. The number of aliphatic hydroxyl groups excluding tert-OH is 2. The zero-order valence-corrected chi connectivity index (χ0v) is 18.1. The van der Waals surface area contributed by atoms with Crippen LogP contribution in [0.1, 0.15) is 78.6 Å². The van der Waals surface area contributed by atoms with E-state index < -0.39 is 17.5 Å². The van der Waals surface area contributed by atoms with Crippen molar-refractivity contribution >= 4 is 11.8 Å². The zero-order chi connectivity index (χ0) is 21.1. The summed E-state index contributed by atoms with van der Waals surface area (Å²) in [5.74, 6) is 0.855. The Morgan fingerprint density at radius 2 is 1.86 bits per heavy atom. The summed E-state index contributed by atoms with van der Waals surface area (Å²) in [7, 11) is 0. The van der Waals surface area contributed by atoms with Crippen LogP contribution in [0.15, 0.2) is 0 Å². The van der Waals surface area contributed by atoms with Crippen molar-refractivity contribution < 1.29 is 24.9 Å². The largest absolute Gasteiger partial charge is 0.481 e. The third-order valence-corrected chi connectivity index (χ3v) is 10.1. The minimum Gasteiger partial charge on any atom is -0.481 e. The van der Waals surface area contributed by atoms with Crippen LogP contribution in [0, 0.1) is 46.3 Å². The van der Waals surface area contributed by atoms with E-state index in [9.17, 15) is 19.8 Å². The smallest absolute Gasteiger partial charge is 0.303 e. The Morgan fingerprint density at radius 3 is 2.55 bits per heavy atom. The molecule has 0 heterocycles. The molecule has 0 amide bonds. The topological polar surface area (TPSA) is 94.8 Å². The Hall–Kier alpha value is -0.940. The van der Waals surface area contributed by atoms with Crippen LogP contribution < -0.4 is 0 Å². The maximum absolute atomic E-state index is 13.6. The summed E-state index contributed by atoms with van der Waals surface area (Å²) in [4.78, 5) is 24.7. The average molecular weight is 407 g/mol. The lowest BCUT2D eigenvalue weighted by Crippen LogP contribution is -2.61. The number of Topliss-reactive ketones (excluding diaryl/α,β-unsaturated/α-hetero) is 1. The molecule has 0 aromatic carbocycles. The van der Waals surface area contributed by atoms with Gasteiger partial charge >= 0.3 is 5.97 Å². The Bertz CT molecular complexity index is 676. The normalized spacial score (nSPS) is 50.4. The number of carboxylic acids is 1. The first-order chi connectivity index (χ1) is 13.6. The molecule has 10 atom stereocenters. The number of carboxylic acid groups (broad SMARTS) is 1. The van der Waals surface area contributed by atoms with Gasteiger partial charge < -0.3 is 15.3 Å². The Morgan fingerprint density at radius 1 is 1.14 bits per heavy atom. The lowest BCUT2D eigenvalue weighted by atomic mass is 9.43. The lowest BCUT2D eigenvalue weighted by Gasteiger charge is -2.61. The summed E-state index contributed by atoms with van der Waals surface area (Å²) in [6.45, 7) is 6.54. The van der Waals surface area contributed by atoms with Crippen LogP contribution in [-0.4, -0.2) is 39.3 Å². The molecule has 29 heavy (non-hydrogen) atoms. The fraction of sp³-hybridized carbons (Fsp3) is 0.917. The fourth-order valence-electron chi connectivity index (χ4n) is 8.41. The van der Waals surface area contributed by atoms with Gasteiger partial charge in [0.2, 0.25) is 0 Å². The van der Waals surface area contributed by atoms with Gasteiger partial charge in [0.15, 0.2) is 0 Å². The summed E-state index contributed by atoms with van der Waals surface area (Å²) in [5.41, 5.74) is -0.398. The van der Waals surface area contributed by atoms with Gasteiger partial charge in [-0.15, -0.1) is 0 Å². The van der Waals surface area contributed by atoms with Crippen molar-refractivity contribution in [3.8, 4) is 0 Å². The predicted octanol–water partition coefficient (Wildman–Crippen LogP) is 3.66. The van der Waals surface area contributed by atoms with E-state index in [1.54, 1.807) is 0 Å². The SMILES string of the molecule is C[C@@H](CCC(=O)O)[C@H]1CC[C@H]2[C@H]3[C@H](O)C[C@H]4C[C@@H](O)CC[C@]4(C)[C@@H]3CC(=O)[C@]12C. The van der Waals surface area contributed by atoms with E-state index in [4.69, 9.17) is 5.11 Å². The summed E-state index contributed by atoms with van der Waals surface area (Å²) < 4.78 is 0. The molecule has 0 spiro atoms. The van der Waals surface area contributed by atoms with Crippen molar-refractivity contribution in [1.29, 1.82) is 0 Å². The highest BCUT2D eigenvalue weighted by Gasteiger charge is 2.65. The molecular formula is C24H38O5. The van der Waals surface area contributed by atoms with Crippen LogP contribution in [0.5, 0.6) is 0 Å². The third kappa shape index (κ3) is 3.18. The van der Waals surface area contributed by atoms with E-state index in [1.165, 1.54) is 0 Å². The van der Waals surface area contributed by atoms with Gasteiger partial charge in [-0.1, -0.05) is 20.8 Å². The van der Waals surface area contributed by atoms with Gasteiger partial charge in [-0.2, -0.15) is 0 Å². The fourth-order valence-corrected chi connectivity index (χ4v) is 8.41. The molecule has 0 aliphatic heterocycles. The van der Waals surface area contributed by atoms with Crippen molar-refractivity contribution in [3.05, 3.63) is 0 Å². The summed E-state index contributed by atoms with van der Waals surface area (Å²) >= 11 is 0. The second kappa shape index (κ2) is 7.33. The minimum atomic E-state index is -0.771. The standard InChI is InChI=1S/C24H38O5/c1-13(4-7-21(28)29)16-5-6-17-22-18(12-20(27)24(16,17)3)23(2)9-8-15(25)10-14(23)11-19(22)26/h13-19,22,25-26H,4-12H2,1-3H3,(H,28,29)/t13-,14+,15-,16+,17-,18+,19+,22+,23-,24+/m0/s1. The van der Waals surface area contributed by atoms with Crippen LogP contribution in [-0.2, 0) is 9.59 Å². The first-order valence-electron chi connectivity index (χ1n) is 11.7. The van der Waals surface area contributed by atoms with Crippen LogP contribution in [0.4, 0.5) is 0 Å². The average Bonchev–Trinajstić information content (AvgIpc) is 3.01. The highest BCUT2D eigenvalue weighted by Crippen LogP contribution is 2.67. The molecule has 4 aliphatic rings. The van der Waals surface area contributed by atoms with Crippen LogP contribution in [0.25, 0.3) is 0 Å². The van der Waals surface area contributed by atoms with E-state index >= 15 is 0 Å². The molecule has 0 unspecified atom stereocenters. The monoisotopic (exact) mass is 406 g/mol. The molecule has 0 aromatic rings. The highest BCUT2D eigenvalue weighted by molar-refractivity contribution is 5.87. The third-order valence-electron chi connectivity index (χ3n) is 10.1. The van der Waals surface area contributed by atoms with Crippen LogP contribution >= 0.6 is 0 Å². The molecule has 4 aliphatic carbocycles. The highest BCUT2D eigenvalue weighted by atomic mass is 16.4. The Labute approximate surface area is 174 Å². The molecule has 0 radical (unpaired) electrons.